The molecule has 0 bridgehead atoms. The largest absolute Gasteiger partial charge is 0.491 e. The number of aryl methyl sites for hydroxylation is 1. The van der Waals surface area contributed by atoms with Crippen LogP contribution in [0.3, 0.4) is 0 Å². The van der Waals surface area contributed by atoms with Crippen molar-refractivity contribution in [1.29, 1.82) is 0 Å². The van der Waals surface area contributed by atoms with Crippen LogP contribution < -0.4 is 15.0 Å². The van der Waals surface area contributed by atoms with Crippen LogP contribution in [0.5, 0.6) is 5.75 Å². The number of hydrogen-bond acceptors (Lipinski definition) is 5. The number of hydrogen-bond donors (Lipinski definition) is 1. The molecule has 3 rings (SSSR count). The molecule has 0 atom stereocenters. The summed E-state index contributed by atoms with van der Waals surface area (Å²) in [6, 6.07) is 9.36. The summed E-state index contributed by atoms with van der Waals surface area (Å²) >= 11 is 0. The van der Waals surface area contributed by atoms with Gasteiger partial charge in [0.05, 0.1) is 31.1 Å². The molecule has 6 nitrogen and oxygen atoms in total. The molecule has 1 amide bonds. The minimum absolute atomic E-state index is 0.190. The van der Waals surface area contributed by atoms with Crippen molar-refractivity contribution in [3.8, 4) is 5.75 Å². The molecule has 0 unspecified atom stereocenters. The van der Waals surface area contributed by atoms with Gasteiger partial charge in [-0.15, -0.1) is 0 Å². The van der Waals surface area contributed by atoms with Gasteiger partial charge in [0.1, 0.15) is 11.6 Å². The molecule has 26 heavy (non-hydrogen) atoms. The number of carbonyl (C=O) groups excluding carboxylic acids is 1. The minimum Gasteiger partial charge on any atom is -0.491 e. The average Bonchev–Trinajstić information content (AvgIpc) is 2.68. The molecule has 1 aliphatic heterocycles. The molecule has 0 saturated carbocycles. The van der Waals surface area contributed by atoms with Crippen molar-refractivity contribution < 1.29 is 14.3 Å². The first kappa shape index (κ1) is 18.2. The van der Waals surface area contributed by atoms with Crippen molar-refractivity contribution in [2.45, 2.75) is 20.3 Å². The molecule has 6 heteroatoms. The average molecular weight is 355 g/mol. The Morgan fingerprint density at radius 2 is 2.12 bits per heavy atom. The Kier molecular flexibility index (Phi) is 6.07. The predicted octanol–water partition coefficient (Wildman–Crippen LogP) is 3.27. The summed E-state index contributed by atoms with van der Waals surface area (Å²) in [6.07, 6.45) is 2.62. The van der Waals surface area contributed by atoms with Crippen molar-refractivity contribution in [3.63, 3.8) is 0 Å². The molecule has 1 N–H and O–H groups in total. The molecule has 1 saturated heterocycles. The quantitative estimate of drug-likeness (QED) is 0.862. The monoisotopic (exact) mass is 355 g/mol. The number of ether oxygens (including phenoxy) is 2. The lowest BCUT2D eigenvalue weighted by molar-refractivity contribution is 0.102. The topological polar surface area (TPSA) is 63.7 Å². The number of nitrogens with zero attached hydrogens (tertiary/aromatic N) is 2. The SMILES string of the molecule is CCCOc1cc(C)ccc1NC(=O)c1cccnc1N1CCOCC1. The van der Waals surface area contributed by atoms with Crippen LogP contribution in [0.25, 0.3) is 0 Å². The lowest BCUT2D eigenvalue weighted by Crippen LogP contribution is -2.38. The standard InChI is InChI=1S/C20H25N3O3/c1-3-11-26-18-14-15(2)6-7-17(18)22-20(24)16-5-4-8-21-19(16)23-9-12-25-13-10-23/h4-8,14H,3,9-13H2,1-2H3,(H,22,24). The van der Waals surface area contributed by atoms with Crippen molar-refractivity contribution >= 4 is 17.4 Å². The Morgan fingerprint density at radius 3 is 2.88 bits per heavy atom. The highest BCUT2D eigenvalue weighted by Gasteiger charge is 2.20. The number of rotatable bonds is 6. The van der Waals surface area contributed by atoms with Gasteiger partial charge in [0.2, 0.25) is 0 Å². The second-order valence-electron chi connectivity index (χ2n) is 6.28. The Labute approximate surface area is 154 Å². The summed E-state index contributed by atoms with van der Waals surface area (Å²) in [5.74, 6) is 1.19. The number of nitrogens with one attached hydrogen (secondary N) is 1. The Hall–Kier alpha value is -2.60. The fraction of sp³-hybridized carbons (Fsp3) is 0.400. The summed E-state index contributed by atoms with van der Waals surface area (Å²) in [5.41, 5.74) is 2.31. The second kappa shape index (κ2) is 8.67. The second-order valence-corrected chi connectivity index (χ2v) is 6.28. The lowest BCUT2D eigenvalue weighted by atomic mass is 10.1. The Morgan fingerprint density at radius 1 is 1.31 bits per heavy atom. The molecular weight excluding hydrogens is 330 g/mol. The van der Waals surface area contributed by atoms with Crippen molar-refractivity contribution in [2.24, 2.45) is 0 Å². The van der Waals surface area contributed by atoms with E-state index in [9.17, 15) is 4.79 Å². The van der Waals surface area contributed by atoms with Crippen molar-refractivity contribution in [2.75, 3.05) is 43.1 Å². The van der Waals surface area contributed by atoms with Crippen molar-refractivity contribution in [3.05, 3.63) is 47.7 Å². The van der Waals surface area contributed by atoms with Crippen LogP contribution in [0, 0.1) is 6.92 Å². The van der Waals surface area contributed by atoms with E-state index in [1.807, 2.05) is 25.1 Å². The first-order chi connectivity index (χ1) is 12.7. The van der Waals surface area contributed by atoms with Gasteiger partial charge in [0.25, 0.3) is 5.91 Å². The third-order valence-corrected chi connectivity index (χ3v) is 4.19. The van der Waals surface area contributed by atoms with Crippen LogP contribution in [0.4, 0.5) is 11.5 Å². The smallest absolute Gasteiger partial charge is 0.259 e. The highest BCUT2D eigenvalue weighted by atomic mass is 16.5. The van der Waals surface area contributed by atoms with Gasteiger partial charge in [-0.3, -0.25) is 4.79 Å². The van der Waals surface area contributed by atoms with E-state index < -0.39 is 0 Å². The van der Waals surface area contributed by atoms with Gasteiger partial charge in [0, 0.05) is 19.3 Å². The number of pyridine rings is 1. The van der Waals surface area contributed by atoms with Gasteiger partial charge in [-0.2, -0.15) is 0 Å². The summed E-state index contributed by atoms with van der Waals surface area (Å²) < 4.78 is 11.2. The first-order valence-electron chi connectivity index (χ1n) is 9.01. The van der Waals surface area contributed by atoms with E-state index in [4.69, 9.17) is 9.47 Å². The van der Waals surface area contributed by atoms with E-state index in [0.29, 0.717) is 42.6 Å². The summed E-state index contributed by atoms with van der Waals surface area (Å²) in [6.45, 7) is 7.41. The maximum Gasteiger partial charge on any atom is 0.259 e. The Balaban J connectivity index is 1.83. The molecule has 1 aromatic carbocycles. The van der Waals surface area contributed by atoms with E-state index in [2.05, 4.69) is 22.1 Å². The summed E-state index contributed by atoms with van der Waals surface area (Å²) in [7, 11) is 0. The predicted molar refractivity (Wildman–Crippen MR) is 102 cm³/mol. The normalized spacial score (nSPS) is 14.2. The molecular formula is C20H25N3O3. The zero-order chi connectivity index (χ0) is 18.4. The number of morpholine rings is 1. The Bertz CT molecular complexity index is 758. The number of amides is 1. The van der Waals surface area contributed by atoms with E-state index in [1.165, 1.54) is 0 Å². The maximum atomic E-state index is 12.9. The van der Waals surface area contributed by atoms with Crippen LogP contribution >= 0.6 is 0 Å². The van der Waals surface area contributed by atoms with E-state index in [0.717, 1.165) is 25.1 Å². The lowest BCUT2D eigenvalue weighted by Gasteiger charge is -2.29. The minimum atomic E-state index is -0.190. The molecule has 0 radical (unpaired) electrons. The molecule has 1 aromatic heterocycles. The van der Waals surface area contributed by atoms with Gasteiger partial charge in [-0.1, -0.05) is 13.0 Å². The number of aromatic nitrogens is 1. The van der Waals surface area contributed by atoms with Crippen LogP contribution in [-0.4, -0.2) is 43.8 Å². The van der Waals surface area contributed by atoms with Crippen molar-refractivity contribution in [1.82, 2.24) is 4.98 Å². The third kappa shape index (κ3) is 4.32. The van der Waals surface area contributed by atoms with Gasteiger partial charge >= 0.3 is 0 Å². The fourth-order valence-corrected chi connectivity index (χ4v) is 2.86. The van der Waals surface area contributed by atoms with Gasteiger partial charge in [-0.05, 0) is 43.2 Å². The van der Waals surface area contributed by atoms with E-state index in [1.54, 1.807) is 18.3 Å². The molecule has 1 fully saturated rings. The number of carbonyl (C=O) groups is 1. The van der Waals surface area contributed by atoms with Crippen LogP contribution in [-0.2, 0) is 4.74 Å². The summed E-state index contributed by atoms with van der Waals surface area (Å²) in [4.78, 5) is 19.4. The first-order valence-corrected chi connectivity index (χ1v) is 9.01. The molecule has 2 heterocycles. The van der Waals surface area contributed by atoms with Crippen LogP contribution in [0.1, 0.15) is 29.3 Å². The molecule has 0 spiro atoms. The number of benzene rings is 1. The number of anilines is 2. The molecule has 2 aromatic rings. The summed E-state index contributed by atoms with van der Waals surface area (Å²) in [5, 5.41) is 2.98. The zero-order valence-electron chi connectivity index (χ0n) is 15.3. The van der Waals surface area contributed by atoms with Gasteiger partial charge in [0.15, 0.2) is 0 Å². The van der Waals surface area contributed by atoms with Gasteiger partial charge in [-0.25, -0.2) is 4.98 Å². The van der Waals surface area contributed by atoms with Crippen LogP contribution in [0.15, 0.2) is 36.5 Å². The maximum absolute atomic E-state index is 12.9. The van der Waals surface area contributed by atoms with E-state index >= 15 is 0 Å². The zero-order valence-corrected chi connectivity index (χ0v) is 15.3. The highest BCUT2D eigenvalue weighted by molar-refractivity contribution is 6.08. The van der Waals surface area contributed by atoms with E-state index in [-0.39, 0.29) is 5.91 Å². The third-order valence-electron chi connectivity index (χ3n) is 4.19. The molecule has 138 valence electrons. The fourth-order valence-electron chi connectivity index (χ4n) is 2.86. The molecule has 0 aliphatic carbocycles. The van der Waals surface area contributed by atoms with Crippen LogP contribution in [0.2, 0.25) is 0 Å². The highest BCUT2D eigenvalue weighted by Crippen LogP contribution is 2.27. The molecule has 1 aliphatic rings. The van der Waals surface area contributed by atoms with Gasteiger partial charge < -0.3 is 19.7 Å².